The van der Waals surface area contributed by atoms with Crippen molar-refractivity contribution in [3.63, 3.8) is 0 Å². The molecule has 1 saturated carbocycles. The molecule has 0 aromatic carbocycles. The van der Waals surface area contributed by atoms with Crippen molar-refractivity contribution in [3.8, 4) is 0 Å². The van der Waals surface area contributed by atoms with Crippen molar-refractivity contribution in [1.29, 1.82) is 0 Å². The first-order chi connectivity index (χ1) is 7.77. The Morgan fingerprint density at radius 3 is 2.88 bits per heavy atom. The lowest BCUT2D eigenvalue weighted by Crippen LogP contribution is -2.26. The molecule has 1 aliphatic carbocycles. The summed E-state index contributed by atoms with van der Waals surface area (Å²) in [5, 5.41) is 4.11. The summed E-state index contributed by atoms with van der Waals surface area (Å²) in [6.07, 6.45) is 8.16. The van der Waals surface area contributed by atoms with Crippen LogP contribution in [0, 0.1) is 5.92 Å². The van der Waals surface area contributed by atoms with Gasteiger partial charge in [0, 0.05) is 19.2 Å². The molecule has 0 unspecified atom stereocenters. The maximum atomic E-state index is 6.04. The van der Waals surface area contributed by atoms with Crippen LogP contribution in [0.4, 0.5) is 0 Å². The summed E-state index contributed by atoms with van der Waals surface area (Å²) in [5.41, 5.74) is 7.15. The molecule has 0 amide bonds. The van der Waals surface area contributed by atoms with Crippen LogP contribution < -0.4 is 5.73 Å². The molecule has 16 heavy (non-hydrogen) atoms. The number of rotatable bonds is 3. The first-order valence-electron chi connectivity index (χ1n) is 6.04. The molecule has 0 saturated heterocycles. The number of aryl methyl sites for hydroxylation is 1. The summed E-state index contributed by atoms with van der Waals surface area (Å²) in [4.78, 5) is 4.48. The van der Waals surface area contributed by atoms with Crippen LogP contribution in [-0.2, 0) is 13.6 Å². The van der Waals surface area contributed by atoms with E-state index < -0.39 is 0 Å². The van der Waals surface area contributed by atoms with Crippen molar-refractivity contribution in [1.82, 2.24) is 9.78 Å². The van der Waals surface area contributed by atoms with Gasteiger partial charge in [-0.2, -0.15) is 5.10 Å². The van der Waals surface area contributed by atoms with Crippen LogP contribution in [0.5, 0.6) is 0 Å². The third-order valence-corrected chi connectivity index (χ3v) is 3.37. The molecule has 1 aromatic heterocycles. The summed E-state index contributed by atoms with van der Waals surface area (Å²) < 4.78 is 1.84. The Morgan fingerprint density at radius 1 is 1.50 bits per heavy atom. The van der Waals surface area contributed by atoms with Gasteiger partial charge in [-0.25, -0.2) is 0 Å². The van der Waals surface area contributed by atoms with Gasteiger partial charge in [0.15, 0.2) is 0 Å². The van der Waals surface area contributed by atoms with E-state index in [1.807, 2.05) is 17.8 Å². The van der Waals surface area contributed by atoms with E-state index in [0.717, 1.165) is 11.5 Å². The molecule has 1 heterocycles. The minimum absolute atomic E-state index is 0.516. The van der Waals surface area contributed by atoms with Crippen LogP contribution in [0.15, 0.2) is 17.3 Å². The highest BCUT2D eigenvalue weighted by Gasteiger charge is 2.16. The third-order valence-electron chi connectivity index (χ3n) is 3.37. The molecule has 0 atom stereocenters. The van der Waals surface area contributed by atoms with Crippen molar-refractivity contribution in [2.45, 2.75) is 38.6 Å². The summed E-state index contributed by atoms with van der Waals surface area (Å²) in [6, 6.07) is 1.98. The van der Waals surface area contributed by atoms with Crippen LogP contribution in [0.25, 0.3) is 0 Å². The maximum absolute atomic E-state index is 6.04. The highest BCUT2D eigenvalue weighted by atomic mass is 15.3. The fourth-order valence-corrected chi connectivity index (χ4v) is 2.26. The summed E-state index contributed by atoms with van der Waals surface area (Å²) >= 11 is 0. The highest BCUT2D eigenvalue weighted by molar-refractivity contribution is 5.82. The van der Waals surface area contributed by atoms with Crippen molar-refractivity contribution in [2.75, 3.05) is 0 Å². The molecule has 4 heteroatoms. The normalized spacial score (nSPS) is 18.9. The minimum atomic E-state index is 0.516. The summed E-state index contributed by atoms with van der Waals surface area (Å²) in [6.45, 7) is 0.652. The molecule has 2 rings (SSSR count). The average molecular weight is 220 g/mol. The molecular weight excluding hydrogens is 200 g/mol. The van der Waals surface area contributed by atoms with Gasteiger partial charge in [0.05, 0.1) is 18.1 Å². The number of aliphatic imine (C=N–C) groups is 1. The largest absolute Gasteiger partial charge is 0.387 e. The average Bonchev–Trinajstić information content (AvgIpc) is 2.73. The minimum Gasteiger partial charge on any atom is -0.387 e. The zero-order chi connectivity index (χ0) is 11.4. The van der Waals surface area contributed by atoms with Crippen LogP contribution in [-0.4, -0.2) is 15.6 Å². The highest BCUT2D eigenvalue weighted by Crippen LogP contribution is 2.23. The molecule has 0 bridgehead atoms. The van der Waals surface area contributed by atoms with Gasteiger partial charge in [0.1, 0.15) is 0 Å². The van der Waals surface area contributed by atoms with E-state index in [4.69, 9.17) is 5.73 Å². The number of amidine groups is 1. The van der Waals surface area contributed by atoms with Crippen LogP contribution >= 0.6 is 0 Å². The molecule has 0 aliphatic heterocycles. The van der Waals surface area contributed by atoms with Gasteiger partial charge in [-0.05, 0) is 18.9 Å². The first kappa shape index (κ1) is 11.2. The molecular formula is C12H20N4. The van der Waals surface area contributed by atoms with E-state index in [2.05, 4.69) is 10.1 Å². The van der Waals surface area contributed by atoms with Crippen LogP contribution in [0.2, 0.25) is 0 Å². The SMILES string of the molecule is Cn1nccc1CN=C(N)C1CCCCC1. The maximum Gasteiger partial charge on any atom is 0.0973 e. The zero-order valence-electron chi connectivity index (χ0n) is 9.89. The van der Waals surface area contributed by atoms with Gasteiger partial charge in [-0.15, -0.1) is 0 Å². The van der Waals surface area contributed by atoms with Gasteiger partial charge >= 0.3 is 0 Å². The summed E-state index contributed by atoms with van der Waals surface area (Å²) in [5.74, 6) is 1.35. The standard InChI is InChI=1S/C12H20N4/c1-16-11(7-8-15-16)9-14-12(13)10-5-3-2-4-6-10/h7-8,10H,2-6,9H2,1H3,(H2,13,14). The van der Waals surface area contributed by atoms with Gasteiger partial charge < -0.3 is 5.73 Å². The quantitative estimate of drug-likeness (QED) is 0.624. The number of aromatic nitrogens is 2. The Kier molecular flexibility index (Phi) is 3.59. The molecule has 1 aliphatic rings. The van der Waals surface area contributed by atoms with E-state index in [9.17, 15) is 0 Å². The zero-order valence-corrected chi connectivity index (χ0v) is 9.89. The molecule has 2 N–H and O–H groups in total. The Labute approximate surface area is 96.6 Å². The van der Waals surface area contributed by atoms with Crippen LogP contribution in [0.1, 0.15) is 37.8 Å². The Balaban J connectivity index is 1.93. The van der Waals surface area contributed by atoms with Crippen molar-refractivity contribution >= 4 is 5.84 Å². The topological polar surface area (TPSA) is 56.2 Å². The molecule has 1 fully saturated rings. The van der Waals surface area contributed by atoms with E-state index in [-0.39, 0.29) is 0 Å². The molecule has 1 aromatic rings. The lowest BCUT2D eigenvalue weighted by atomic mass is 9.88. The van der Waals surface area contributed by atoms with Crippen LogP contribution in [0.3, 0.4) is 0 Å². The van der Waals surface area contributed by atoms with E-state index >= 15 is 0 Å². The number of nitrogens with two attached hydrogens (primary N) is 1. The van der Waals surface area contributed by atoms with Crippen molar-refractivity contribution in [2.24, 2.45) is 23.7 Å². The second-order valence-electron chi connectivity index (χ2n) is 4.52. The Hall–Kier alpha value is -1.32. The number of hydrogen-bond donors (Lipinski definition) is 1. The fraction of sp³-hybridized carbons (Fsp3) is 0.667. The molecule has 0 spiro atoms. The van der Waals surface area contributed by atoms with Gasteiger partial charge in [-0.3, -0.25) is 9.67 Å². The van der Waals surface area contributed by atoms with E-state index in [1.54, 1.807) is 6.20 Å². The number of nitrogens with zero attached hydrogens (tertiary/aromatic N) is 3. The van der Waals surface area contributed by atoms with Crippen molar-refractivity contribution in [3.05, 3.63) is 18.0 Å². The van der Waals surface area contributed by atoms with Gasteiger partial charge in [0.25, 0.3) is 0 Å². The predicted molar refractivity (Wildman–Crippen MR) is 65.1 cm³/mol. The monoisotopic (exact) mass is 220 g/mol. The van der Waals surface area contributed by atoms with Gasteiger partial charge in [-0.1, -0.05) is 19.3 Å². The smallest absolute Gasteiger partial charge is 0.0973 e. The van der Waals surface area contributed by atoms with Crippen molar-refractivity contribution < 1.29 is 0 Å². The summed E-state index contributed by atoms with van der Waals surface area (Å²) in [7, 11) is 1.93. The third kappa shape index (κ3) is 2.62. The first-order valence-corrected chi connectivity index (χ1v) is 6.04. The predicted octanol–water partition coefficient (Wildman–Crippen LogP) is 1.86. The second-order valence-corrected chi connectivity index (χ2v) is 4.52. The Morgan fingerprint density at radius 2 is 2.25 bits per heavy atom. The fourth-order valence-electron chi connectivity index (χ4n) is 2.26. The lowest BCUT2D eigenvalue weighted by molar-refractivity contribution is 0.436. The van der Waals surface area contributed by atoms with E-state index in [0.29, 0.717) is 12.5 Å². The molecule has 4 nitrogen and oxygen atoms in total. The molecule has 0 radical (unpaired) electrons. The van der Waals surface area contributed by atoms with Gasteiger partial charge in [0.2, 0.25) is 0 Å². The van der Waals surface area contributed by atoms with E-state index in [1.165, 1.54) is 32.1 Å². The lowest BCUT2D eigenvalue weighted by Gasteiger charge is -2.20. The Bertz CT molecular complexity index is 361. The number of hydrogen-bond acceptors (Lipinski definition) is 2. The molecule has 88 valence electrons. The second kappa shape index (κ2) is 5.14.